The molecule has 0 saturated heterocycles. The van der Waals surface area contributed by atoms with Gasteiger partial charge in [0.1, 0.15) is 0 Å². The van der Waals surface area contributed by atoms with Gasteiger partial charge >= 0.3 is 24.8 Å². The Morgan fingerprint density at radius 2 is 1.65 bits per heavy atom. The standard InChI is InChI=1S/C9H7.C4H4N.2CH3.CH2.2ClH.Ti/c1-2-5-9-7-3-6-8(9)4-1;1-2-4-5-3-1;;;;;;/h1-7H;1-3,5H;2*1H3;1H2;2*1H;/q4*-1;;;;. The van der Waals surface area contributed by atoms with Gasteiger partial charge in [0.05, 0.1) is 0 Å². The van der Waals surface area contributed by atoms with Crippen LogP contribution in [0.5, 0.6) is 0 Å². The van der Waals surface area contributed by atoms with Gasteiger partial charge in [0, 0.05) is 0 Å². The Labute approximate surface area is 146 Å². The number of nitrogens with one attached hydrogen (secondary N) is 1. The van der Waals surface area contributed by atoms with E-state index in [9.17, 15) is 0 Å². The van der Waals surface area contributed by atoms with E-state index in [-0.39, 0.29) is 39.7 Å². The van der Waals surface area contributed by atoms with Crippen LogP contribution in [0.25, 0.3) is 10.8 Å². The summed E-state index contributed by atoms with van der Waals surface area (Å²) in [5.41, 5.74) is 0. The van der Waals surface area contributed by atoms with Gasteiger partial charge in [0.25, 0.3) is 0 Å². The van der Waals surface area contributed by atoms with Crippen molar-refractivity contribution in [1.82, 2.24) is 4.98 Å². The molecule has 3 aromatic rings. The van der Waals surface area contributed by atoms with E-state index in [0.717, 1.165) is 0 Å². The maximum absolute atomic E-state index is 3.25. The van der Waals surface area contributed by atoms with E-state index in [1.165, 1.54) is 10.8 Å². The minimum atomic E-state index is 0. The van der Waals surface area contributed by atoms with Crippen molar-refractivity contribution in [3.63, 3.8) is 0 Å². The molecule has 112 valence electrons. The molecule has 0 radical (unpaired) electrons. The number of hydrogen-bond acceptors (Lipinski definition) is 0. The first-order chi connectivity index (χ1) is 7.97. The monoisotopic (exact) mass is 345 g/mol. The average Bonchev–Trinajstić information content (AvgIpc) is 3.06. The van der Waals surface area contributed by atoms with Crippen molar-refractivity contribution in [3.05, 3.63) is 81.8 Å². The Hall–Kier alpha value is -0.726. The quantitative estimate of drug-likeness (QED) is 0.431. The van der Waals surface area contributed by atoms with Gasteiger partial charge in [-0.05, 0) is 0 Å². The van der Waals surface area contributed by atoms with Crippen molar-refractivity contribution in [3.8, 4) is 0 Å². The molecule has 2 aromatic carbocycles. The van der Waals surface area contributed by atoms with Crippen LogP contribution in [-0.4, -0.2) is 9.80 Å². The molecular formula is C16H21Cl2NTi-4. The molecule has 3 rings (SSSR count). The first-order valence-electron chi connectivity index (χ1n) is 4.92. The van der Waals surface area contributed by atoms with E-state index in [1.54, 1.807) is 20.0 Å². The topological polar surface area (TPSA) is 15.8 Å². The largest absolute Gasteiger partial charge is 0.484 e. The molecule has 1 heterocycles. The fourth-order valence-corrected chi connectivity index (χ4v) is 1.31. The zero-order chi connectivity index (χ0) is 11.6. The molecule has 1 N–H and O–H groups in total. The normalized spacial score (nSPS) is 6.75. The molecule has 0 amide bonds. The maximum Gasteiger partial charge on any atom is -0.0809 e. The number of benzene rings is 1. The Balaban J connectivity index is -0.000000104. The Bertz CT molecular complexity index is 444. The molecule has 0 fully saturated rings. The Morgan fingerprint density at radius 1 is 1.00 bits per heavy atom. The second-order valence-electron chi connectivity index (χ2n) is 2.97. The van der Waals surface area contributed by atoms with Crippen molar-refractivity contribution < 1.29 is 20.0 Å². The van der Waals surface area contributed by atoms with E-state index in [0.29, 0.717) is 0 Å². The summed E-state index contributed by atoms with van der Waals surface area (Å²) in [7, 11) is 0. The van der Waals surface area contributed by atoms with E-state index >= 15 is 0 Å². The van der Waals surface area contributed by atoms with Crippen molar-refractivity contribution >= 4 is 40.4 Å². The second-order valence-corrected chi connectivity index (χ2v) is 2.97. The van der Waals surface area contributed by atoms with E-state index in [4.69, 9.17) is 0 Å². The van der Waals surface area contributed by atoms with Gasteiger partial charge < -0.3 is 19.8 Å². The molecule has 0 saturated carbocycles. The molecule has 20 heavy (non-hydrogen) atoms. The van der Waals surface area contributed by atoms with Crippen molar-refractivity contribution in [1.29, 1.82) is 0 Å². The zero-order valence-corrected chi connectivity index (χ0v) is 15.0. The van der Waals surface area contributed by atoms with Gasteiger partial charge in [0.15, 0.2) is 0 Å². The third-order valence-electron chi connectivity index (χ3n) is 1.99. The van der Waals surface area contributed by atoms with Crippen LogP contribution in [0.2, 0.25) is 0 Å². The molecule has 1 aromatic heterocycles. The van der Waals surface area contributed by atoms with Crippen LogP contribution in [-0.2, 0) is 20.0 Å². The van der Waals surface area contributed by atoms with Gasteiger partial charge in [0.2, 0.25) is 0 Å². The van der Waals surface area contributed by atoms with Crippen LogP contribution in [0.4, 0.5) is 0 Å². The zero-order valence-electron chi connectivity index (χ0n) is 11.8. The average molecular weight is 346 g/mol. The molecule has 0 spiro atoms. The first kappa shape index (κ1) is 27.6. The fraction of sp³-hybridized carbons (Fsp3) is 0. The number of aromatic nitrogens is 1. The predicted octanol–water partition coefficient (Wildman–Crippen LogP) is 5.08. The third-order valence-corrected chi connectivity index (χ3v) is 1.99. The van der Waals surface area contributed by atoms with Gasteiger partial charge in [-0.25, -0.2) is 0 Å². The molecule has 0 aliphatic rings. The molecule has 0 atom stereocenters. The van der Waals surface area contributed by atoms with Gasteiger partial charge in [-0.1, -0.05) is 6.07 Å². The molecule has 0 unspecified atom stereocenters. The maximum atomic E-state index is 3.25. The Kier molecular flexibility index (Phi) is 25.2. The van der Waals surface area contributed by atoms with Gasteiger partial charge in [-0.2, -0.15) is 35.8 Å². The van der Waals surface area contributed by atoms with Crippen LogP contribution >= 0.6 is 24.8 Å². The second kappa shape index (κ2) is 18.3. The van der Waals surface area contributed by atoms with Crippen LogP contribution in [0.3, 0.4) is 0 Å². The fourth-order valence-electron chi connectivity index (χ4n) is 1.31. The molecule has 1 nitrogen and oxygen atoms in total. The summed E-state index contributed by atoms with van der Waals surface area (Å²) < 4.78 is 0. The molecule has 0 aliphatic heterocycles. The number of hydrogen-bond donors (Lipinski definition) is 1. The summed E-state index contributed by atoms with van der Waals surface area (Å²) in [4.78, 5) is 5.99. The SMILES string of the molecule is Cl.Cl.[CH2]=[Ti].[CH3-].[CH3-].[c-]1ccc[nH]1.c1ccc2[cH-]ccc2c1. The number of aromatic amines is 1. The van der Waals surface area contributed by atoms with Crippen LogP contribution in [0.15, 0.2) is 60.8 Å². The molecular weight excluding hydrogens is 325 g/mol. The first-order valence-corrected chi connectivity index (χ1v) is 6.02. The number of rotatable bonds is 0. The van der Waals surface area contributed by atoms with Crippen molar-refractivity contribution in [2.75, 3.05) is 0 Å². The summed E-state index contributed by atoms with van der Waals surface area (Å²) in [5, 5.41) is 2.66. The Morgan fingerprint density at radius 3 is 2.10 bits per heavy atom. The number of halogens is 2. The van der Waals surface area contributed by atoms with E-state index in [1.807, 2.05) is 18.3 Å². The third kappa shape index (κ3) is 10.1. The number of H-pyrrole nitrogens is 1. The molecule has 0 aliphatic carbocycles. The minimum absolute atomic E-state index is 0. The summed E-state index contributed by atoms with van der Waals surface area (Å²) in [6, 6.07) is 18.4. The predicted molar refractivity (Wildman–Crippen MR) is 93.6 cm³/mol. The van der Waals surface area contributed by atoms with Crippen molar-refractivity contribution in [2.24, 2.45) is 0 Å². The molecule has 0 bridgehead atoms. The van der Waals surface area contributed by atoms with Crippen LogP contribution in [0.1, 0.15) is 0 Å². The van der Waals surface area contributed by atoms with Crippen molar-refractivity contribution in [2.45, 2.75) is 0 Å². The van der Waals surface area contributed by atoms with Crippen LogP contribution < -0.4 is 0 Å². The van der Waals surface area contributed by atoms with Crippen LogP contribution in [0, 0.1) is 21.1 Å². The smallest absolute Gasteiger partial charge is 0.0809 e. The number of fused-ring (bicyclic) bond motifs is 1. The summed E-state index contributed by atoms with van der Waals surface area (Å²) in [5.74, 6) is 0. The van der Waals surface area contributed by atoms with E-state index < -0.39 is 0 Å². The summed E-state index contributed by atoms with van der Waals surface area (Å²) >= 11 is 1.75. The summed E-state index contributed by atoms with van der Waals surface area (Å²) in [6.07, 6.45) is 4.56. The van der Waals surface area contributed by atoms with Gasteiger partial charge in [-0.15, -0.1) is 60.7 Å². The molecule has 4 heteroatoms. The summed E-state index contributed by atoms with van der Waals surface area (Å²) in [6.45, 7) is 0. The van der Waals surface area contributed by atoms with E-state index in [2.05, 4.69) is 58.5 Å². The van der Waals surface area contributed by atoms with Gasteiger partial charge in [-0.3, -0.25) is 0 Å². The minimum Gasteiger partial charge on any atom is -0.484 e.